The Balaban J connectivity index is 2.63. The van der Waals surface area contributed by atoms with E-state index in [-0.39, 0.29) is 5.43 Å². The molecule has 70 valence electrons. The summed E-state index contributed by atoms with van der Waals surface area (Å²) < 4.78 is 0. The van der Waals surface area contributed by atoms with Crippen molar-refractivity contribution in [3.05, 3.63) is 33.2 Å². The van der Waals surface area contributed by atoms with Crippen molar-refractivity contribution in [2.24, 2.45) is 0 Å². The summed E-state index contributed by atoms with van der Waals surface area (Å²) >= 11 is 0. The molecule has 2 heteroatoms. The second-order valence-corrected chi connectivity index (χ2v) is 4.00. The minimum atomic E-state index is 0.221. The molecule has 0 saturated heterocycles. The van der Waals surface area contributed by atoms with Crippen LogP contribution in [0.2, 0.25) is 0 Å². The van der Waals surface area contributed by atoms with Crippen molar-refractivity contribution in [3.63, 3.8) is 0 Å². The van der Waals surface area contributed by atoms with Gasteiger partial charge in [0.1, 0.15) is 0 Å². The summed E-state index contributed by atoms with van der Waals surface area (Å²) in [6, 6.07) is 1.71. The van der Waals surface area contributed by atoms with Gasteiger partial charge < -0.3 is 4.98 Å². The molecule has 1 aromatic heterocycles. The Bertz CT molecular complexity index is 378. The smallest absolute Gasteiger partial charge is 0.185 e. The second-order valence-electron chi connectivity index (χ2n) is 4.00. The van der Waals surface area contributed by atoms with Gasteiger partial charge in [-0.1, -0.05) is 6.92 Å². The SMILES string of the molecule is Cc1cc(=O)c2c([nH]1)CCCC2C. The van der Waals surface area contributed by atoms with E-state index < -0.39 is 0 Å². The van der Waals surface area contributed by atoms with Crippen molar-refractivity contribution in [1.29, 1.82) is 0 Å². The molecule has 1 aromatic rings. The maximum Gasteiger partial charge on any atom is 0.185 e. The van der Waals surface area contributed by atoms with E-state index in [1.807, 2.05) is 6.92 Å². The summed E-state index contributed by atoms with van der Waals surface area (Å²) in [6.45, 7) is 4.09. The molecule has 1 N–H and O–H groups in total. The Labute approximate surface area is 78.0 Å². The van der Waals surface area contributed by atoms with Crippen LogP contribution in [0.4, 0.5) is 0 Å². The molecule has 0 aromatic carbocycles. The van der Waals surface area contributed by atoms with Crippen molar-refractivity contribution in [2.45, 2.75) is 39.0 Å². The third-order valence-corrected chi connectivity index (χ3v) is 2.84. The lowest BCUT2D eigenvalue weighted by Crippen LogP contribution is -2.20. The molecule has 0 saturated carbocycles. The highest BCUT2D eigenvalue weighted by Gasteiger charge is 2.19. The third kappa shape index (κ3) is 1.41. The highest BCUT2D eigenvalue weighted by molar-refractivity contribution is 5.28. The van der Waals surface area contributed by atoms with Gasteiger partial charge in [-0.3, -0.25) is 4.79 Å². The molecule has 1 aliphatic rings. The van der Waals surface area contributed by atoms with Crippen molar-refractivity contribution < 1.29 is 0 Å². The second kappa shape index (κ2) is 3.02. The highest BCUT2D eigenvalue weighted by Crippen LogP contribution is 2.27. The van der Waals surface area contributed by atoms with Crippen LogP contribution >= 0.6 is 0 Å². The lowest BCUT2D eigenvalue weighted by Gasteiger charge is -2.21. The summed E-state index contributed by atoms with van der Waals surface area (Å²) in [4.78, 5) is 15.0. The number of aromatic nitrogens is 1. The molecule has 1 unspecified atom stereocenters. The number of aryl methyl sites for hydroxylation is 2. The Hall–Kier alpha value is -1.05. The van der Waals surface area contributed by atoms with E-state index in [0.29, 0.717) is 5.92 Å². The van der Waals surface area contributed by atoms with Crippen LogP contribution in [-0.4, -0.2) is 4.98 Å². The Kier molecular flexibility index (Phi) is 1.98. The molecular formula is C11H15NO. The van der Waals surface area contributed by atoms with Gasteiger partial charge in [0.2, 0.25) is 0 Å². The molecule has 13 heavy (non-hydrogen) atoms. The normalized spacial score (nSPS) is 21.2. The fraction of sp³-hybridized carbons (Fsp3) is 0.545. The lowest BCUT2D eigenvalue weighted by atomic mass is 9.86. The average Bonchev–Trinajstić information content (AvgIpc) is 2.02. The van der Waals surface area contributed by atoms with Crippen LogP contribution in [0.3, 0.4) is 0 Å². The van der Waals surface area contributed by atoms with Gasteiger partial charge in [-0.05, 0) is 32.1 Å². The summed E-state index contributed by atoms with van der Waals surface area (Å²) in [6.07, 6.45) is 3.39. The molecule has 0 spiro atoms. The van der Waals surface area contributed by atoms with Crippen molar-refractivity contribution in [3.8, 4) is 0 Å². The largest absolute Gasteiger partial charge is 0.362 e. The first-order valence-corrected chi connectivity index (χ1v) is 4.91. The van der Waals surface area contributed by atoms with E-state index in [1.165, 1.54) is 12.1 Å². The average molecular weight is 177 g/mol. The number of nitrogens with one attached hydrogen (secondary N) is 1. The molecule has 0 amide bonds. The number of aromatic amines is 1. The predicted octanol–water partition coefficient (Wildman–Crippen LogP) is 2.12. The minimum absolute atomic E-state index is 0.221. The van der Waals surface area contributed by atoms with Gasteiger partial charge in [0.15, 0.2) is 5.43 Å². The molecule has 0 aliphatic heterocycles. The Morgan fingerprint density at radius 3 is 3.08 bits per heavy atom. The first kappa shape index (κ1) is 8.54. The first-order valence-electron chi connectivity index (χ1n) is 4.91. The molecule has 1 atom stereocenters. The van der Waals surface area contributed by atoms with Crippen LogP contribution in [-0.2, 0) is 6.42 Å². The molecule has 1 aliphatic carbocycles. The first-order chi connectivity index (χ1) is 6.18. The third-order valence-electron chi connectivity index (χ3n) is 2.84. The van der Waals surface area contributed by atoms with Crippen molar-refractivity contribution >= 4 is 0 Å². The highest BCUT2D eigenvalue weighted by atomic mass is 16.1. The maximum atomic E-state index is 11.7. The Morgan fingerprint density at radius 1 is 1.54 bits per heavy atom. The molecule has 0 bridgehead atoms. The summed E-state index contributed by atoms with van der Waals surface area (Å²) in [5.41, 5.74) is 3.40. The fourth-order valence-electron chi connectivity index (χ4n) is 2.23. The van der Waals surface area contributed by atoms with Gasteiger partial charge in [-0.15, -0.1) is 0 Å². The monoisotopic (exact) mass is 177 g/mol. The van der Waals surface area contributed by atoms with E-state index in [1.54, 1.807) is 6.07 Å². The van der Waals surface area contributed by atoms with E-state index in [4.69, 9.17) is 0 Å². The van der Waals surface area contributed by atoms with Crippen molar-refractivity contribution in [2.75, 3.05) is 0 Å². The Morgan fingerprint density at radius 2 is 2.31 bits per heavy atom. The van der Waals surface area contributed by atoms with E-state index >= 15 is 0 Å². The molecule has 2 rings (SSSR count). The lowest BCUT2D eigenvalue weighted by molar-refractivity contribution is 0.573. The topological polar surface area (TPSA) is 32.9 Å². The molecular weight excluding hydrogens is 162 g/mol. The number of fused-ring (bicyclic) bond motifs is 1. The summed E-state index contributed by atoms with van der Waals surface area (Å²) in [5, 5.41) is 0. The molecule has 1 heterocycles. The standard InChI is InChI=1S/C11H15NO/c1-7-4-3-5-9-11(7)10(13)6-8(2)12-9/h6-7H,3-5H2,1-2H3,(H,12,13). The number of H-pyrrole nitrogens is 1. The van der Waals surface area contributed by atoms with Gasteiger partial charge >= 0.3 is 0 Å². The van der Waals surface area contributed by atoms with Crippen LogP contribution in [0, 0.1) is 6.92 Å². The van der Waals surface area contributed by atoms with E-state index in [0.717, 1.165) is 24.1 Å². The molecule has 0 fully saturated rings. The maximum absolute atomic E-state index is 11.7. The van der Waals surface area contributed by atoms with Crippen LogP contribution in [0.15, 0.2) is 10.9 Å². The number of hydrogen-bond donors (Lipinski definition) is 1. The summed E-state index contributed by atoms with van der Waals surface area (Å²) in [7, 11) is 0. The van der Waals surface area contributed by atoms with Gasteiger partial charge in [-0.2, -0.15) is 0 Å². The van der Waals surface area contributed by atoms with Gasteiger partial charge in [0, 0.05) is 23.0 Å². The predicted molar refractivity (Wildman–Crippen MR) is 53.2 cm³/mol. The number of rotatable bonds is 0. The van der Waals surface area contributed by atoms with Crippen LogP contribution < -0.4 is 5.43 Å². The van der Waals surface area contributed by atoms with Gasteiger partial charge in [0.05, 0.1) is 0 Å². The van der Waals surface area contributed by atoms with Gasteiger partial charge in [0.25, 0.3) is 0 Å². The summed E-state index contributed by atoms with van der Waals surface area (Å²) in [5.74, 6) is 0.438. The van der Waals surface area contributed by atoms with E-state index in [9.17, 15) is 4.79 Å². The number of pyridine rings is 1. The molecule has 0 radical (unpaired) electrons. The zero-order valence-corrected chi connectivity index (χ0v) is 8.18. The number of hydrogen-bond acceptors (Lipinski definition) is 1. The van der Waals surface area contributed by atoms with Crippen molar-refractivity contribution in [1.82, 2.24) is 4.98 Å². The zero-order chi connectivity index (χ0) is 9.42. The van der Waals surface area contributed by atoms with Crippen LogP contribution in [0.1, 0.15) is 42.6 Å². The quantitative estimate of drug-likeness (QED) is 0.647. The van der Waals surface area contributed by atoms with Crippen LogP contribution in [0.5, 0.6) is 0 Å². The minimum Gasteiger partial charge on any atom is -0.362 e. The zero-order valence-electron chi connectivity index (χ0n) is 8.18. The van der Waals surface area contributed by atoms with Crippen LogP contribution in [0.25, 0.3) is 0 Å². The van der Waals surface area contributed by atoms with E-state index in [2.05, 4.69) is 11.9 Å². The molecule has 2 nitrogen and oxygen atoms in total. The van der Waals surface area contributed by atoms with Gasteiger partial charge in [-0.25, -0.2) is 0 Å². The fourth-order valence-corrected chi connectivity index (χ4v) is 2.23.